The number of pyridine rings is 2. The molecule has 0 atom stereocenters. The number of hydrogen-bond acceptors (Lipinski definition) is 6. The molecule has 4 rings (SSSR count). The number of hydrogen-bond donors (Lipinski definition) is 1. The highest BCUT2D eigenvalue weighted by Crippen LogP contribution is 2.34. The Morgan fingerprint density at radius 3 is 2.66 bits per heavy atom. The van der Waals surface area contributed by atoms with Crippen LogP contribution in [0.15, 0.2) is 46.3 Å². The number of anilines is 1. The van der Waals surface area contributed by atoms with E-state index in [4.69, 9.17) is 16.6 Å². The van der Waals surface area contributed by atoms with Gasteiger partial charge in [0.2, 0.25) is 0 Å². The van der Waals surface area contributed by atoms with Gasteiger partial charge in [0.15, 0.2) is 5.43 Å². The predicted octanol–water partition coefficient (Wildman–Crippen LogP) is 3.65. The second kappa shape index (κ2) is 8.84. The van der Waals surface area contributed by atoms with E-state index < -0.39 is 5.97 Å². The lowest BCUT2D eigenvalue weighted by Crippen LogP contribution is -2.25. The number of benzene rings is 1. The summed E-state index contributed by atoms with van der Waals surface area (Å²) in [5.74, 6) is 0.536. The van der Waals surface area contributed by atoms with Gasteiger partial charge in [-0.2, -0.15) is 0 Å². The number of carboxylic acids is 1. The van der Waals surface area contributed by atoms with E-state index in [9.17, 15) is 14.7 Å². The molecule has 166 valence electrons. The lowest BCUT2D eigenvalue weighted by atomic mass is 10.1. The molecule has 0 aliphatic heterocycles. The minimum absolute atomic E-state index is 0.195. The third-order valence-electron chi connectivity index (χ3n) is 5.45. The molecule has 1 N–H and O–H groups in total. The molecule has 0 aliphatic carbocycles. The maximum Gasteiger partial charge on any atom is 0.323 e. The van der Waals surface area contributed by atoms with Gasteiger partial charge in [-0.1, -0.05) is 11.6 Å². The van der Waals surface area contributed by atoms with Crippen molar-refractivity contribution < 1.29 is 9.90 Å². The van der Waals surface area contributed by atoms with Gasteiger partial charge in [-0.3, -0.25) is 9.59 Å². The molecule has 0 saturated heterocycles. The predicted molar refractivity (Wildman–Crippen MR) is 128 cm³/mol. The van der Waals surface area contributed by atoms with Gasteiger partial charge >= 0.3 is 5.97 Å². The van der Waals surface area contributed by atoms with Crippen molar-refractivity contribution in [1.82, 2.24) is 19.1 Å². The van der Waals surface area contributed by atoms with Crippen LogP contribution in [0.25, 0.3) is 21.9 Å². The zero-order valence-electron chi connectivity index (χ0n) is 17.9. The number of aliphatic carboxylic acids is 1. The summed E-state index contributed by atoms with van der Waals surface area (Å²) in [5, 5.41) is 10.9. The molecule has 4 aromatic rings. The van der Waals surface area contributed by atoms with Gasteiger partial charge in [0, 0.05) is 37.9 Å². The van der Waals surface area contributed by atoms with Gasteiger partial charge in [0.25, 0.3) is 0 Å². The fourth-order valence-corrected chi connectivity index (χ4v) is 4.84. The second-order valence-corrected chi connectivity index (χ2v) is 8.64. The van der Waals surface area contributed by atoms with Gasteiger partial charge in [-0.25, -0.2) is 9.97 Å². The molecule has 1 aromatic carbocycles. The van der Waals surface area contributed by atoms with Crippen LogP contribution < -0.4 is 10.3 Å². The lowest BCUT2D eigenvalue weighted by Gasteiger charge is -2.21. The number of rotatable bonds is 7. The van der Waals surface area contributed by atoms with Crippen LogP contribution in [0.4, 0.5) is 5.82 Å². The molecule has 3 aromatic heterocycles. The van der Waals surface area contributed by atoms with Gasteiger partial charge in [-0.05, 0) is 37.4 Å². The summed E-state index contributed by atoms with van der Waals surface area (Å²) in [6.07, 6.45) is 5.52. The molecule has 0 amide bonds. The summed E-state index contributed by atoms with van der Waals surface area (Å²) in [6.45, 7) is 2.98. The van der Waals surface area contributed by atoms with E-state index in [-0.39, 0.29) is 12.0 Å². The maximum absolute atomic E-state index is 13.2. The number of carbonyl (C=O) groups is 1. The molecule has 3 heterocycles. The molecule has 10 heteroatoms. The summed E-state index contributed by atoms with van der Waals surface area (Å²) in [6, 6.07) is 6.81. The first-order valence-corrected chi connectivity index (χ1v) is 11.5. The Balaban J connectivity index is 1.88. The molecule has 32 heavy (non-hydrogen) atoms. The Morgan fingerprint density at radius 2 is 2.00 bits per heavy atom. The fraction of sp³-hybridized carbons (Fsp3) is 0.273. The monoisotopic (exact) mass is 471 g/mol. The van der Waals surface area contributed by atoms with Crippen LogP contribution in [-0.4, -0.2) is 50.0 Å². The molecule has 0 radical (unpaired) electrons. The summed E-state index contributed by atoms with van der Waals surface area (Å²) in [4.78, 5) is 36.5. The average Bonchev–Trinajstić information content (AvgIpc) is 3.18. The van der Waals surface area contributed by atoms with Crippen LogP contribution in [0, 0.1) is 6.92 Å². The normalized spacial score (nSPS) is 11.4. The average molecular weight is 472 g/mol. The van der Waals surface area contributed by atoms with Crippen LogP contribution in [-0.2, 0) is 17.9 Å². The van der Waals surface area contributed by atoms with Crippen LogP contribution >= 0.6 is 23.4 Å². The third kappa shape index (κ3) is 3.93. The molecule has 8 nitrogen and oxygen atoms in total. The summed E-state index contributed by atoms with van der Waals surface area (Å²) in [5.41, 5.74) is 0.622. The highest BCUT2D eigenvalue weighted by Gasteiger charge is 2.19. The molecule has 0 spiro atoms. The van der Waals surface area contributed by atoms with E-state index in [0.29, 0.717) is 50.8 Å². The van der Waals surface area contributed by atoms with Crippen molar-refractivity contribution in [3.63, 3.8) is 0 Å². The number of halogens is 1. The van der Waals surface area contributed by atoms with E-state index in [2.05, 4.69) is 4.98 Å². The Bertz CT molecular complexity index is 1400. The molecular formula is C22H22ClN5O3S. The number of aryl methyl sites for hydroxylation is 1. The molecule has 0 saturated carbocycles. The number of likely N-dealkylation sites (N-methyl/N-ethyl adjacent to an activating group) is 1. The first kappa shape index (κ1) is 22.2. The van der Waals surface area contributed by atoms with Crippen molar-refractivity contribution in [3.8, 4) is 0 Å². The number of thioether (sulfide) groups is 1. The second-order valence-electron chi connectivity index (χ2n) is 7.42. The van der Waals surface area contributed by atoms with Crippen molar-refractivity contribution >= 4 is 57.1 Å². The van der Waals surface area contributed by atoms with E-state index in [1.807, 2.05) is 35.9 Å². The zero-order valence-corrected chi connectivity index (χ0v) is 19.4. The highest BCUT2D eigenvalue weighted by atomic mass is 35.5. The summed E-state index contributed by atoms with van der Waals surface area (Å²) in [7, 11) is 1.91. The standard InChI is InChI=1S/C22H22ClN5O3S/c1-13-24-8-9-27(13)11-10-26(2)17-7-5-15-20(31)14-4-6-16(23)21(32-3)19(14)28(12-18(29)30)22(15)25-17/h4-9H,10-12H2,1-3H3,(H,29,30). The number of fused-ring (bicyclic) bond motifs is 2. The smallest absolute Gasteiger partial charge is 0.323 e. The van der Waals surface area contributed by atoms with Gasteiger partial charge in [0.1, 0.15) is 23.8 Å². The van der Waals surface area contributed by atoms with E-state index in [1.54, 1.807) is 35.0 Å². The molecule has 0 fully saturated rings. The number of aromatic nitrogens is 4. The van der Waals surface area contributed by atoms with Gasteiger partial charge < -0.3 is 19.1 Å². The summed E-state index contributed by atoms with van der Waals surface area (Å²) < 4.78 is 3.61. The molecule has 0 bridgehead atoms. The molecular weight excluding hydrogens is 450 g/mol. The number of imidazole rings is 1. The zero-order chi connectivity index (χ0) is 23.0. The fourth-order valence-electron chi connectivity index (χ4n) is 3.78. The minimum atomic E-state index is -1.03. The highest BCUT2D eigenvalue weighted by molar-refractivity contribution is 7.99. The van der Waals surface area contributed by atoms with Crippen molar-refractivity contribution in [3.05, 3.63) is 57.7 Å². The summed E-state index contributed by atoms with van der Waals surface area (Å²) >= 11 is 7.75. The number of carboxylic acid groups (broad SMARTS) is 1. The number of nitrogens with zero attached hydrogens (tertiary/aromatic N) is 5. The van der Waals surface area contributed by atoms with Crippen molar-refractivity contribution in [2.75, 3.05) is 24.7 Å². The van der Waals surface area contributed by atoms with E-state index in [1.165, 1.54) is 11.8 Å². The topological polar surface area (TPSA) is 93.3 Å². The van der Waals surface area contributed by atoms with Crippen molar-refractivity contribution in [2.24, 2.45) is 0 Å². The van der Waals surface area contributed by atoms with Crippen LogP contribution in [0.5, 0.6) is 0 Å². The Hall–Kier alpha value is -3.04. The van der Waals surface area contributed by atoms with Gasteiger partial charge in [0.05, 0.1) is 20.8 Å². The Kier molecular flexibility index (Phi) is 6.12. The Morgan fingerprint density at radius 1 is 1.25 bits per heavy atom. The Labute approximate surface area is 193 Å². The first-order valence-electron chi connectivity index (χ1n) is 9.92. The third-order valence-corrected chi connectivity index (χ3v) is 6.70. The lowest BCUT2D eigenvalue weighted by molar-refractivity contribution is -0.137. The molecule has 0 aliphatic rings. The molecule has 0 unspecified atom stereocenters. The quantitative estimate of drug-likeness (QED) is 0.325. The maximum atomic E-state index is 13.2. The SMILES string of the molecule is CSc1c(Cl)ccc2c(=O)c3ccc(N(C)CCn4ccnc4C)nc3n(CC(=O)O)c12. The van der Waals surface area contributed by atoms with Crippen LogP contribution in [0.3, 0.4) is 0 Å². The van der Waals surface area contributed by atoms with Crippen molar-refractivity contribution in [2.45, 2.75) is 24.9 Å². The van der Waals surface area contributed by atoms with Crippen LogP contribution in [0.2, 0.25) is 5.02 Å². The van der Waals surface area contributed by atoms with E-state index >= 15 is 0 Å². The first-order chi connectivity index (χ1) is 15.3. The van der Waals surface area contributed by atoms with E-state index in [0.717, 1.165) is 5.82 Å². The van der Waals surface area contributed by atoms with Gasteiger partial charge in [-0.15, -0.1) is 11.8 Å². The van der Waals surface area contributed by atoms with Crippen molar-refractivity contribution in [1.29, 1.82) is 0 Å². The minimum Gasteiger partial charge on any atom is -0.480 e. The largest absolute Gasteiger partial charge is 0.480 e. The van der Waals surface area contributed by atoms with Crippen LogP contribution in [0.1, 0.15) is 5.82 Å².